The molecule has 0 spiro atoms. The number of carbonyl (C=O) groups excluding carboxylic acids is 1. The molecule has 1 heterocycles. The van der Waals surface area contributed by atoms with Crippen molar-refractivity contribution in [3.05, 3.63) is 48.2 Å². The number of nitrogens with zero attached hydrogens (tertiary/aromatic N) is 1. The van der Waals surface area contributed by atoms with Gasteiger partial charge in [0.25, 0.3) is 5.91 Å². The highest BCUT2D eigenvalue weighted by Crippen LogP contribution is 2.16. The van der Waals surface area contributed by atoms with E-state index in [0.29, 0.717) is 24.5 Å². The average molecular weight is 343 g/mol. The molecule has 0 saturated heterocycles. The van der Waals surface area contributed by atoms with Crippen molar-refractivity contribution in [3.63, 3.8) is 0 Å². The molecule has 25 heavy (non-hydrogen) atoms. The van der Waals surface area contributed by atoms with Crippen molar-refractivity contribution in [1.82, 2.24) is 10.3 Å². The van der Waals surface area contributed by atoms with Crippen LogP contribution in [0.3, 0.4) is 0 Å². The summed E-state index contributed by atoms with van der Waals surface area (Å²) >= 11 is 0. The Balaban J connectivity index is 1.74. The zero-order valence-corrected chi connectivity index (χ0v) is 14.9. The molecule has 1 atom stereocenters. The lowest BCUT2D eigenvalue weighted by Gasteiger charge is -2.12. The minimum Gasteiger partial charge on any atom is -0.497 e. The normalized spacial score (nSPS) is 11.5. The molecule has 0 bridgehead atoms. The molecule has 2 N–H and O–H groups in total. The molecule has 0 radical (unpaired) electrons. The second-order valence-corrected chi connectivity index (χ2v) is 5.67. The van der Waals surface area contributed by atoms with Crippen LogP contribution >= 0.6 is 0 Å². The van der Waals surface area contributed by atoms with Crippen LogP contribution in [0.4, 0.5) is 5.82 Å². The number of nitrogens with one attached hydrogen (secondary N) is 2. The first-order valence-corrected chi connectivity index (χ1v) is 8.40. The van der Waals surface area contributed by atoms with E-state index >= 15 is 0 Å². The smallest absolute Gasteiger partial charge is 0.253 e. The summed E-state index contributed by atoms with van der Waals surface area (Å²) in [6.07, 6.45) is 2.47. The van der Waals surface area contributed by atoms with Crippen LogP contribution in [0.1, 0.15) is 30.6 Å². The largest absolute Gasteiger partial charge is 0.497 e. The second-order valence-electron chi connectivity index (χ2n) is 5.67. The van der Waals surface area contributed by atoms with Gasteiger partial charge in [-0.1, -0.05) is 6.92 Å². The highest BCUT2D eigenvalue weighted by molar-refractivity contribution is 5.94. The summed E-state index contributed by atoms with van der Waals surface area (Å²) in [6.45, 7) is 5.12. The maximum atomic E-state index is 12.0. The minimum absolute atomic E-state index is 0.101. The van der Waals surface area contributed by atoms with E-state index in [4.69, 9.17) is 9.47 Å². The van der Waals surface area contributed by atoms with Gasteiger partial charge in [0.05, 0.1) is 19.2 Å². The van der Waals surface area contributed by atoms with Crippen LogP contribution in [0.15, 0.2) is 42.6 Å². The lowest BCUT2D eigenvalue weighted by Crippen LogP contribution is -2.31. The molecular weight excluding hydrogens is 318 g/mol. The lowest BCUT2D eigenvalue weighted by atomic mass is 10.2. The molecule has 0 aliphatic rings. The second kappa shape index (κ2) is 9.52. The summed E-state index contributed by atoms with van der Waals surface area (Å²) in [7, 11) is 1.63. The molecule has 0 saturated carbocycles. The maximum absolute atomic E-state index is 12.0. The molecule has 1 unspecified atom stereocenters. The van der Waals surface area contributed by atoms with Gasteiger partial charge in [-0.15, -0.1) is 0 Å². The fourth-order valence-electron chi connectivity index (χ4n) is 2.06. The number of carbonyl (C=O) groups is 1. The number of methoxy groups -OCH3 is 1. The third-order valence-corrected chi connectivity index (χ3v) is 3.75. The Bertz CT molecular complexity index is 657. The van der Waals surface area contributed by atoms with Crippen molar-refractivity contribution in [1.29, 1.82) is 0 Å². The van der Waals surface area contributed by atoms with Crippen LogP contribution < -0.4 is 20.1 Å². The maximum Gasteiger partial charge on any atom is 0.253 e. The number of hydrogen-bond acceptors (Lipinski definition) is 5. The van der Waals surface area contributed by atoms with Crippen LogP contribution in [0.5, 0.6) is 11.5 Å². The van der Waals surface area contributed by atoms with E-state index < -0.39 is 0 Å². The van der Waals surface area contributed by atoms with Crippen LogP contribution in [-0.4, -0.2) is 37.2 Å². The molecule has 1 aromatic carbocycles. The Hall–Kier alpha value is -2.76. The Kier molecular flexibility index (Phi) is 7.07. The minimum atomic E-state index is -0.101. The Morgan fingerprint density at radius 3 is 2.48 bits per heavy atom. The number of rotatable bonds is 9. The SMILES string of the molecule is CCC(C)NC(=O)c1ccc(NCCOc2ccc(OC)cc2)nc1. The fourth-order valence-corrected chi connectivity index (χ4v) is 2.06. The van der Waals surface area contributed by atoms with Gasteiger partial charge in [0.1, 0.15) is 23.9 Å². The molecule has 134 valence electrons. The van der Waals surface area contributed by atoms with E-state index in [1.165, 1.54) is 0 Å². The van der Waals surface area contributed by atoms with Crippen LogP contribution in [0.25, 0.3) is 0 Å². The summed E-state index contributed by atoms with van der Waals surface area (Å²) in [6, 6.07) is 11.1. The van der Waals surface area contributed by atoms with Gasteiger partial charge in [-0.3, -0.25) is 4.79 Å². The van der Waals surface area contributed by atoms with E-state index in [0.717, 1.165) is 17.9 Å². The molecule has 6 heteroatoms. The molecule has 0 fully saturated rings. The van der Waals surface area contributed by atoms with E-state index in [1.54, 1.807) is 25.4 Å². The monoisotopic (exact) mass is 343 g/mol. The van der Waals surface area contributed by atoms with E-state index in [2.05, 4.69) is 15.6 Å². The molecule has 2 aromatic rings. The number of benzene rings is 1. The van der Waals surface area contributed by atoms with Crippen molar-refractivity contribution < 1.29 is 14.3 Å². The highest BCUT2D eigenvalue weighted by atomic mass is 16.5. The number of pyridine rings is 1. The fraction of sp³-hybridized carbons (Fsp3) is 0.368. The summed E-state index contributed by atoms with van der Waals surface area (Å²) < 4.78 is 10.7. The Morgan fingerprint density at radius 1 is 1.16 bits per heavy atom. The van der Waals surface area contributed by atoms with Gasteiger partial charge in [0.2, 0.25) is 0 Å². The van der Waals surface area contributed by atoms with Gasteiger partial charge in [0.15, 0.2) is 0 Å². The lowest BCUT2D eigenvalue weighted by molar-refractivity contribution is 0.0939. The molecule has 0 aliphatic heterocycles. The molecule has 2 rings (SSSR count). The number of ether oxygens (including phenoxy) is 2. The van der Waals surface area contributed by atoms with Crippen molar-refractivity contribution in [3.8, 4) is 11.5 Å². The quantitative estimate of drug-likeness (QED) is 0.685. The summed E-state index contributed by atoms with van der Waals surface area (Å²) in [5.74, 6) is 2.19. The molecule has 1 amide bonds. The molecular formula is C19H25N3O3. The van der Waals surface area contributed by atoms with E-state index in [1.807, 2.05) is 38.1 Å². The van der Waals surface area contributed by atoms with Crippen LogP contribution in [0, 0.1) is 0 Å². The summed E-state index contributed by atoms with van der Waals surface area (Å²) in [5.41, 5.74) is 0.556. The first-order valence-electron chi connectivity index (χ1n) is 8.40. The van der Waals surface area contributed by atoms with Gasteiger partial charge in [-0.05, 0) is 49.7 Å². The van der Waals surface area contributed by atoms with Crippen molar-refractivity contribution in [2.24, 2.45) is 0 Å². The van der Waals surface area contributed by atoms with Gasteiger partial charge < -0.3 is 20.1 Å². The van der Waals surface area contributed by atoms with E-state index in [-0.39, 0.29) is 11.9 Å². The first-order chi connectivity index (χ1) is 12.1. The summed E-state index contributed by atoms with van der Waals surface area (Å²) in [4.78, 5) is 16.2. The number of aromatic nitrogens is 1. The zero-order chi connectivity index (χ0) is 18.1. The summed E-state index contributed by atoms with van der Waals surface area (Å²) in [5, 5.41) is 6.08. The predicted molar refractivity (Wildman–Crippen MR) is 98.4 cm³/mol. The number of amides is 1. The number of anilines is 1. The van der Waals surface area contributed by atoms with Crippen molar-refractivity contribution >= 4 is 11.7 Å². The van der Waals surface area contributed by atoms with Crippen molar-refractivity contribution in [2.45, 2.75) is 26.3 Å². The van der Waals surface area contributed by atoms with Crippen molar-refractivity contribution in [2.75, 3.05) is 25.6 Å². The first kappa shape index (κ1) is 18.6. The third kappa shape index (κ3) is 5.99. The van der Waals surface area contributed by atoms with Crippen LogP contribution in [-0.2, 0) is 0 Å². The Morgan fingerprint density at radius 2 is 1.88 bits per heavy atom. The van der Waals surface area contributed by atoms with Gasteiger partial charge >= 0.3 is 0 Å². The zero-order valence-electron chi connectivity index (χ0n) is 14.9. The van der Waals surface area contributed by atoms with Crippen LogP contribution in [0.2, 0.25) is 0 Å². The molecule has 1 aromatic heterocycles. The topological polar surface area (TPSA) is 72.5 Å². The predicted octanol–water partition coefficient (Wildman–Crippen LogP) is 3.11. The molecule has 6 nitrogen and oxygen atoms in total. The van der Waals surface area contributed by atoms with E-state index in [9.17, 15) is 4.79 Å². The van der Waals surface area contributed by atoms with Gasteiger partial charge in [-0.25, -0.2) is 4.98 Å². The number of hydrogen-bond donors (Lipinski definition) is 2. The third-order valence-electron chi connectivity index (χ3n) is 3.75. The molecule has 0 aliphatic carbocycles. The highest BCUT2D eigenvalue weighted by Gasteiger charge is 2.08. The average Bonchev–Trinajstić information content (AvgIpc) is 2.66. The van der Waals surface area contributed by atoms with Gasteiger partial charge in [0, 0.05) is 12.2 Å². The van der Waals surface area contributed by atoms with Gasteiger partial charge in [-0.2, -0.15) is 0 Å². The Labute approximate surface area is 148 Å². The standard InChI is InChI=1S/C19H25N3O3/c1-4-14(2)22-19(23)15-5-10-18(21-13-15)20-11-12-25-17-8-6-16(24-3)7-9-17/h5-10,13-14H,4,11-12H2,1-3H3,(H,20,21)(H,22,23).